The number of rotatable bonds is 4. The average molecular weight is 345 g/mol. The highest BCUT2D eigenvalue weighted by Crippen LogP contribution is 2.33. The zero-order valence-corrected chi connectivity index (χ0v) is 15.1. The van der Waals surface area contributed by atoms with Gasteiger partial charge in [0, 0.05) is 22.2 Å². The number of nitrogens with zero attached hydrogens (tertiary/aromatic N) is 1. The molecule has 0 N–H and O–H groups in total. The zero-order valence-electron chi connectivity index (χ0n) is 14.3. The third-order valence-electron chi connectivity index (χ3n) is 3.94. The van der Waals surface area contributed by atoms with E-state index in [0.29, 0.717) is 19.1 Å². The van der Waals surface area contributed by atoms with Gasteiger partial charge >= 0.3 is 0 Å². The van der Waals surface area contributed by atoms with Crippen LogP contribution in [0.2, 0.25) is 0 Å². The van der Waals surface area contributed by atoms with Crippen LogP contribution in [0.15, 0.2) is 41.8 Å². The first kappa shape index (κ1) is 17.1. The van der Waals surface area contributed by atoms with E-state index < -0.39 is 6.29 Å². The van der Waals surface area contributed by atoms with E-state index in [1.165, 1.54) is 0 Å². The molecule has 1 fully saturated rings. The van der Waals surface area contributed by atoms with Crippen LogP contribution in [0, 0.1) is 5.92 Å². The molecular formula is C19H23NO3S. The highest BCUT2D eigenvalue weighted by molar-refractivity contribution is 7.14. The summed E-state index contributed by atoms with van der Waals surface area (Å²) in [7, 11) is 0. The van der Waals surface area contributed by atoms with Gasteiger partial charge in [-0.2, -0.15) is 0 Å². The topological polar surface area (TPSA) is 38.8 Å². The number of benzene rings is 1. The lowest BCUT2D eigenvalue weighted by Crippen LogP contribution is -2.48. The maximum absolute atomic E-state index is 12.9. The Morgan fingerprint density at radius 2 is 1.88 bits per heavy atom. The normalized spacial score (nSPS) is 21.0. The van der Waals surface area contributed by atoms with Crippen molar-refractivity contribution >= 4 is 22.9 Å². The molecule has 128 valence electrons. The fraction of sp³-hybridized carbons (Fsp3) is 0.421. The fourth-order valence-electron chi connectivity index (χ4n) is 2.74. The van der Waals surface area contributed by atoms with Gasteiger partial charge in [-0.25, -0.2) is 0 Å². The summed E-state index contributed by atoms with van der Waals surface area (Å²) >= 11 is 1.64. The summed E-state index contributed by atoms with van der Waals surface area (Å²) in [6.07, 6.45) is -0.802. The molecule has 24 heavy (non-hydrogen) atoms. The van der Waals surface area contributed by atoms with Gasteiger partial charge in [0.2, 0.25) is 6.29 Å². The third kappa shape index (κ3) is 3.69. The van der Waals surface area contributed by atoms with Gasteiger partial charge in [0.25, 0.3) is 5.91 Å². The molecule has 2 aromatic rings. The maximum Gasteiger partial charge on any atom is 0.284 e. The molecule has 1 aromatic heterocycles. The molecule has 5 heteroatoms. The van der Waals surface area contributed by atoms with Crippen LogP contribution in [0.1, 0.15) is 20.8 Å². The van der Waals surface area contributed by atoms with Crippen molar-refractivity contribution in [3.8, 4) is 10.4 Å². The summed E-state index contributed by atoms with van der Waals surface area (Å²) in [5.41, 5.74) is 2.05. The maximum atomic E-state index is 12.9. The van der Waals surface area contributed by atoms with Crippen molar-refractivity contribution in [1.82, 2.24) is 0 Å². The van der Waals surface area contributed by atoms with Gasteiger partial charge in [0.05, 0.1) is 18.9 Å². The van der Waals surface area contributed by atoms with Crippen LogP contribution in [0.4, 0.5) is 5.69 Å². The van der Waals surface area contributed by atoms with E-state index in [0.717, 1.165) is 16.1 Å². The molecule has 0 saturated carbocycles. The zero-order chi connectivity index (χ0) is 17.1. The van der Waals surface area contributed by atoms with Gasteiger partial charge < -0.3 is 14.4 Å². The molecular weight excluding hydrogens is 322 g/mol. The smallest absolute Gasteiger partial charge is 0.284 e. The van der Waals surface area contributed by atoms with Gasteiger partial charge in [-0.3, -0.25) is 4.79 Å². The Labute approximate surface area is 147 Å². The van der Waals surface area contributed by atoms with Crippen LogP contribution in [-0.4, -0.2) is 31.5 Å². The minimum atomic E-state index is -0.802. The van der Waals surface area contributed by atoms with E-state index in [2.05, 4.69) is 18.2 Å². The van der Waals surface area contributed by atoms with Crippen molar-refractivity contribution in [3.05, 3.63) is 41.8 Å². The molecule has 1 aromatic carbocycles. The summed E-state index contributed by atoms with van der Waals surface area (Å²) in [6.45, 7) is 7.17. The van der Waals surface area contributed by atoms with Crippen molar-refractivity contribution in [2.75, 3.05) is 18.1 Å². The predicted molar refractivity (Wildman–Crippen MR) is 97.2 cm³/mol. The van der Waals surface area contributed by atoms with Gasteiger partial charge in [-0.1, -0.05) is 37.3 Å². The molecule has 1 aliphatic heterocycles. The second-order valence-electron chi connectivity index (χ2n) is 6.44. The van der Waals surface area contributed by atoms with Crippen LogP contribution < -0.4 is 4.90 Å². The van der Waals surface area contributed by atoms with E-state index in [9.17, 15) is 4.79 Å². The number of ether oxygens (including phenoxy) is 2. The van der Waals surface area contributed by atoms with E-state index in [-0.39, 0.29) is 11.9 Å². The Hall–Kier alpha value is -1.69. The molecule has 0 bridgehead atoms. The van der Waals surface area contributed by atoms with Crippen LogP contribution in [-0.2, 0) is 14.3 Å². The van der Waals surface area contributed by atoms with Crippen LogP contribution in [0.5, 0.6) is 0 Å². The Bertz CT molecular complexity index is 675. The van der Waals surface area contributed by atoms with Gasteiger partial charge in [0.1, 0.15) is 0 Å². The molecule has 0 spiro atoms. The Morgan fingerprint density at radius 1 is 1.21 bits per heavy atom. The predicted octanol–water partition coefficient (Wildman–Crippen LogP) is 4.17. The number of carbonyl (C=O) groups is 1. The van der Waals surface area contributed by atoms with Crippen LogP contribution >= 0.6 is 11.3 Å². The third-order valence-corrected chi connectivity index (χ3v) is 4.91. The van der Waals surface area contributed by atoms with Gasteiger partial charge in [-0.05, 0) is 25.5 Å². The SMILES string of the molecule is CC1COC(C(=O)N(c2csc(-c3ccccc3)c2)C(C)C)OC1. The summed E-state index contributed by atoms with van der Waals surface area (Å²) in [5.74, 6) is 0.196. The number of anilines is 1. The number of carbonyl (C=O) groups excluding carboxylic acids is 1. The second-order valence-corrected chi connectivity index (χ2v) is 7.35. The molecule has 1 aliphatic rings. The Morgan fingerprint density at radius 3 is 2.50 bits per heavy atom. The lowest BCUT2D eigenvalue weighted by molar-refractivity contribution is -0.200. The molecule has 1 amide bonds. The van der Waals surface area contributed by atoms with E-state index in [1.807, 2.05) is 44.4 Å². The lowest BCUT2D eigenvalue weighted by atomic mass is 10.2. The van der Waals surface area contributed by atoms with Crippen molar-refractivity contribution in [2.45, 2.75) is 33.1 Å². The molecule has 1 saturated heterocycles. The van der Waals surface area contributed by atoms with E-state index in [1.54, 1.807) is 16.2 Å². The van der Waals surface area contributed by atoms with Crippen LogP contribution in [0.3, 0.4) is 0 Å². The van der Waals surface area contributed by atoms with Gasteiger partial charge in [0.15, 0.2) is 0 Å². The first-order valence-electron chi connectivity index (χ1n) is 8.26. The fourth-order valence-corrected chi connectivity index (χ4v) is 3.63. The minimum absolute atomic E-state index is 0.0299. The first-order valence-corrected chi connectivity index (χ1v) is 9.14. The second kappa shape index (κ2) is 7.47. The molecule has 3 rings (SSSR count). The average Bonchev–Trinajstić information content (AvgIpc) is 3.05. The van der Waals surface area contributed by atoms with E-state index >= 15 is 0 Å². The molecule has 0 unspecified atom stereocenters. The first-order chi connectivity index (χ1) is 11.6. The molecule has 0 aliphatic carbocycles. The number of amides is 1. The van der Waals surface area contributed by atoms with Crippen LogP contribution in [0.25, 0.3) is 10.4 Å². The highest BCUT2D eigenvalue weighted by atomic mass is 32.1. The number of hydrogen-bond donors (Lipinski definition) is 0. The summed E-state index contributed by atoms with van der Waals surface area (Å²) in [6, 6.07) is 12.3. The molecule has 4 nitrogen and oxygen atoms in total. The van der Waals surface area contributed by atoms with Crippen molar-refractivity contribution in [3.63, 3.8) is 0 Å². The van der Waals surface area contributed by atoms with Gasteiger partial charge in [-0.15, -0.1) is 11.3 Å². The molecule has 0 atom stereocenters. The summed E-state index contributed by atoms with van der Waals surface area (Å²) < 4.78 is 11.2. The standard InChI is InChI=1S/C19H23NO3S/c1-13(2)20(18(21)19-22-10-14(3)11-23-19)16-9-17(24-12-16)15-7-5-4-6-8-15/h4-9,12-14,19H,10-11H2,1-3H3. The number of thiophene rings is 1. The highest BCUT2D eigenvalue weighted by Gasteiger charge is 2.32. The summed E-state index contributed by atoms with van der Waals surface area (Å²) in [5, 5.41) is 2.02. The molecule has 2 heterocycles. The van der Waals surface area contributed by atoms with E-state index in [4.69, 9.17) is 9.47 Å². The Balaban J connectivity index is 1.81. The minimum Gasteiger partial charge on any atom is -0.344 e. The van der Waals surface area contributed by atoms with Crippen molar-refractivity contribution < 1.29 is 14.3 Å². The quantitative estimate of drug-likeness (QED) is 0.835. The van der Waals surface area contributed by atoms with Crippen molar-refractivity contribution in [1.29, 1.82) is 0 Å². The monoisotopic (exact) mass is 345 g/mol. The lowest BCUT2D eigenvalue weighted by Gasteiger charge is -2.32. The number of hydrogen-bond acceptors (Lipinski definition) is 4. The Kier molecular flexibility index (Phi) is 5.33. The molecule has 0 radical (unpaired) electrons. The summed E-state index contributed by atoms with van der Waals surface area (Å²) in [4.78, 5) is 15.8. The largest absolute Gasteiger partial charge is 0.344 e. The van der Waals surface area contributed by atoms with Crippen molar-refractivity contribution in [2.24, 2.45) is 5.92 Å².